The molecule has 1 aliphatic heterocycles. The first-order chi connectivity index (χ1) is 17.5. The number of anilines is 2. The highest BCUT2D eigenvalue weighted by atomic mass is 19.1. The van der Waals surface area contributed by atoms with E-state index < -0.39 is 11.6 Å². The van der Waals surface area contributed by atoms with Crippen LogP contribution in [0.2, 0.25) is 0 Å². The van der Waals surface area contributed by atoms with Gasteiger partial charge in [0.1, 0.15) is 17.3 Å². The van der Waals surface area contributed by atoms with E-state index in [9.17, 15) is 8.78 Å². The molecule has 0 aliphatic carbocycles. The zero-order valence-electron chi connectivity index (χ0n) is 19.8. The number of nitrogens with two attached hydrogens (primary N) is 1. The number of fused-ring (bicyclic) bond motifs is 3. The molecule has 11 heteroatoms. The molecule has 9 nitrogen and oxygen atoms in total. The van der Waals surface area contributed by atoms with Gasteiger partial charge in [-0.25, -0.2) is 13.8 Å². The number of nitrogen functional groups attached to an aromatic ring is 1. The lowest BCUT2D eigenvalue weighted by Gasteiger charge is -2.36. The highest BCUT2D eigenvalue weighted by Gasteiger charge is 2.22. The maximum Gasteiger partial charge on any atom is 0.225 e. The average molecular weight is 493 g/mol. The summed E-state index contributed by atoms with van der Waals surface area (Å²) < 4.78 is 36.5. The van der Waals surface area contributed by atoms with Crippen LogP contribution in [0.3, 0.4) is 0 Å². The first-order valence-electron chi connectivity index (χ1n) is 12.0. The molecule has 6 rings (SSSR count). The van der Waals surface area contributed by atoms with Gasteiger partial charge in [-0.2, -0.15) is 9.50 Å². The van der Waals surface area contributed by atoms with Gasteiger partial charge < -0.3 is 19.6 Å². The van der Waals surface area contributed by atoms with Gasteiger partial charge in [0, 0.05) is 51.0 Å². The lowest BCUT2D eigenvalue weighted by Crippen LogP contribution is -2.47. The third-order valence-electron chi connectivity index (χ3n) is 6.88. The fraction of sp³-hybridized carbons (Fsp3) is 0.320. The number of hydrogen-bond acceptors (Lipinski definition) is 7. The summed E-state index contributed by atoms with van der Waals surface area (Å²) in [7, 11) is 0. The smallest absolute Gasteiger partial charge is 0.225 e. The Balaban J connectivity index is 1.14. The highest BCUT2D eigenvalue weighted by molar-refractivity contribution is 5.91. The van der Waals surface area contributed by atoms with Gasteiger partial charge >= 0.3 is 0 Å². The summed E-state index contributed by atoms with van der Waals surface area (Å²) in [5, 5.41) is 5.33. The maximum atomic E-state index is 14.1. The molecule has 2 N–H and O–H groups in total. The molecule has 5 heterocycles. The summed E-state index contributed by atoms with van der Waals surface area (Å²) >= 11 is 0. The van der Waals surface area contributed by atoms with Gasteiger partial charge in [0.2, 0.25) is 11.8 Å². The highest BCUT2D eigenvalue weighted by Crippen LogP contribution is 2.27. The van der Waals surface area contributed by atoms with Crippen LogP contribution in [0.1, 0.15) is 19.4 Å². The zero-order valence-corrected chi connectivity index (χ0v) is 19.8. The SMILES string of the molecule is CC(CCN1CCN(c2ccc(F)cc2F)CC1)n1ccc2c1nc(N)n1nc(-c3ccco3)nc21. The first kappa shape index (κ1) is 22.5. The molecule has 0 radical (unpaired) electrons. The van der Waals surface area contributed by atoms with Crippen LogP contribution in [0, 0.1) is 11.6 Å². The van der Waals surface area contributed by atoms with Crippen LogP contribution in [-0.4, -0.2) is 61.8 Å². The molecule has 1 fully saturated rings. The number of aromatic nitrogens is 5. The molecule has 1 saturated heterocycles. The lowest BCUT2D eigenvalue weighted by molar-refractivity contribution is 0.241. The van der Waals surface area contributed by atoms with E-state index in [0.717, 1.165) is 43.2 Å². The third kappa shape index (κ3) is 3.95. The van der Waals surface area contributed by atoms with Crippen molar-refractivity contribution in [3.63, 3.8) is 0 Å². The standard InChI is InChI=1S/C25H26F2N8O/c1-16(6-8-32-10-12-33(13-11-32)20-5-4-17(26)15-19(20)27)34-9-7-18-23(34)30-25(28)35-24(18)29-22(31-35)21-3-2-14-36-21/h2-5,7,9,14-16H,6,8,10-13H2,1H3,(H2,28,30). The minimum absolute atomic E-state index is 0.178. The molecular weight excluding hydrogens is 466 g/mol. The van der Waals surface area contributed by atoms with Gasteiger partial charge in [-0.3, -0.25) is 4.90 Å². The fourth-order valence-electron chi connectivity index (χ4n) is 4.86. The number of rotatable bonds is 6. The topological polar surface area (TPSA) is 93.7 Å². The molecule has 0 spiro atoms. The van der Waals surface area contributed by atoms with E-state index in [1.165, 1.54) is 12.1 Å². The lowest BCUT2D eigenvalue weighted by atomic mass is 10.2. The van der Waals surface area contributed by atoms with Crippen LogP contribution in [0.15, 0.2) is 53.3 Å². The predicted octanol–water partition coefficient (Wildman–Crippen LogP) is 3.97. The molecule has 0 saturated carbocycles. The van der Waals surface area contributed by atoms with Crippen LogP contribution in [0.5, 0.6) is 0 Å². The summed E-state index contributed by atoms with van der Waals surface area (Å²) in [4.78, 5) is 13.6. The van der Waals surface area contributed by atoms with Crippen molar-refractivity contribution in [1.29, 1.82) is 0 Å². The molecule has 0 bridgehead atoms. The summed E-state index contributed by atoms with van der Waals surface area (Å²) in [5.41, 5.74) is 8.10. The van der Waals surface area contributed by atoms with Crippen LogP contribution in [-0.2, 0) is 0 Å². The number of benzene rings is 1. The van der Waals surface area contributed by atoms with Crippen LogP contribution < -0.4 is 10.6 Å². The molecule has 186 valence electrons. The zero-order chi connectivity index (χ0) is 24.8. The molecule has 0 amide bonds. The van der Waals surface area contributed by atoms with E-state index in [1.54, 1.807) is 22.9 Å². The van der Waals surface area contributed by atoms with Gasteiger partial charge in [0.05, 0.1) is 17.3 Å². The quantitative estimate of drug-likeness (QED) is 0.383. The Labute approximate surface area is 205 Å². The van der Waals surface area contributed by atoms with Crippen molar-refractivity contribution >= 4 is 28.3 Å². The molecule has 1 aromatic carbocycles. The summed E-state index contributed by atoms with van der Waals surface area (Å²) in [6, 6.07) is 9.52. The van der Waals surface area contributed by atoms with Crippen LogP contribution in [0.4, 0.5) is 20.4 Å². The van der Waals surface area contributed by atoms with E-state index in [0.29, 0.717) is 36.0 Å². The summed E-state index contributed by atoms with van der Waals surface area (Å²) in [5.74, 6) is 0.226. The second kappa shape index (κ2) is 8.90. The Morgan fingerprint density at radius 2 is 1.89 bits per heavy atom. The predicted molar refractivity (Wildman–Crippen MR) is 133 cm³/mol. The Kier molecular flexibility index (Phi) is 5.56. The number of halogens is 2. The Morgan fingerprint density at radius 1 is 1.06 bits per heavy atom. The molecule has 1 aliphatic rings. The average Bonchev–Trinajstić information content (AvgIpc) is 3.62. The molecular formula is C25H26F2N8O. The molecule has 1 atom stereocenters. The summed E-state index contributed by atoms with van der Waals surface area (Å²) in [6.07, 6.45) is 4.50. The second-order valence-corrected chi connectivity index (χ2v) is 9.14. The van der Waals surface area contributed by atoms with Crippen molar-refractivity contribution in [1.82, 2.24) is 29.0 Å². The van der Waals surface area contributed by atoms with Crippen molar-refractivity contribution in [3.8, 4) is 11.6 Å². The van der Waals surface area contributed by atoms with E-state index in [4.69, 9.17) is 10.2 Å². The van der Waals surface area contributed by atoms with Gasteiger partial charge in [-0.15, -0.1) is 5.10 Å². The van der Waals surface area contributed by atoms with E-state index >= 15 is 0 Å². The molecule has 5 aromatic rings. The second-order valence-electron chi connectivity index (χ2n) is 9.14. The number of furan rings is 1. The monoisotopic (exact) mass is 492 g/mol. The fourth-order valence-corrected chi connectivity index (χ4v) is 4.86. The largest absolute Gasteiger partial charge is 0.461 e. The van der Waals surface area contributed by atoms with Crippen molar-refractivity contribution in [2.75, 3.05) is 43.4 Å². The number of piperazine rings is 1. The molecule has 1 unspecified atom stereocenters. The van der Waals surface area contributed by atoms with Crippen molar-refractivity contribution < 1.29 is 13.2 Å². The number of nitrogens with zero attached hydrogens (tertiary/aromatic N) is 7. The molecule has 4 aromatic heterocycles. The minimum Gasteiger partial charge on any atom is -0.461 e. The third-order valence-corrected chi connectivity index (χ3v) is 6.88. The number of hydrogen-bond donors (Lipinski definition) is 1. The minimum atomic E-state index is -0.555. The summed E-state index contributed by atoms with van der Waals surface area (Å²) in [6.45, 7) is 6.08. The van der Waals surface area contributed by atoms with Crippen LogP contribution in [0.25, 0.3) is 28.3 Å². The molecule has 36 heavy (non-hydrogen) atoms. The van der Waals surface area contributed by atoms with Gasteiger partial charge in [0.15, 0.2) is 11.4 Å². The Bertz CT molecular complexity index is 1520. The first-order valence-corrected chi connectivity index (χ1v) is 12.0. The Morgan fingerprint density at radius 3 is 2.64 bits per heavy atom. The van der Waals surface area contributed by atoms with Gasteiger partial charge in [-0.1, -0.05) is 0 Å². The normalized spacial score (nSPS) is 15.8. The van der Waals surface area contributed by atoms with Crippen molar-refractivity contribution in [2.45, 2.75) is 19.4 Å². The van der Waals surface area contributed by atoms with Crippen molar-refractivity contribution in [2.24, 2.45) is 0 Å². The van der Waals surface area contributed by atoms with E-state index in [-0.39, 0.29) is 12.0 Å². The maximum absolute atomic E-state index is 14.1. The van der Waals surface area contributed by atoms with E-state index in [2.05, 4.69) is 31.5 Å². The van der Waals surface area contributed by atoms with E-state index in [1.807, 2.05) is 17.2 Å². The van der Waals surface area contributed by atoms with Gasteiger partial charge in [0.25, 0.3) is 0 Å². The van der Waals surface area contributed by atoms with Gasteiger partial charge in [-0.05, 0) is 43.7 Å². The van der Waals surface area contributed by atoms with Crippen molar-refractivity contribution in [3.05, 3.63) is 60.5 Å². The Hall–Kier alpha value is -3.99. The van der Waals surface area contributed by atoms with Crippen LogP contribution >= 0.6 is 0 Å².